The highest BCUT2D eigenvalue weighted by Crippen LogP contribution is 2.49. The molecule has 0 saturated carbocycles. The predicted octanol–water partition coefficient (Wildman–Crippen LogP) is 1.33. The smallest absolute Gasteiger partial charge is 0.250 e. The van der Waals surface area contributed by atoms with Crippen LogP contribution in [0.3, 0.4) is 0 Å². The van der Waals surface area contributed by atoms with Gasteiger partial charge in [0.2, 0.25) is 11.8 Å². The van der Waals surface area contributed by atoms with Crippen LogP contribution in [0.5, 0.6) is 0 Å². The minimum atomic E-state index is -0.564. The number of hydrogen-bond acceptors (Lipinski definition) is 4. The highest BCUT2D eigenvalue weighted by Gasteiger charge is 2.57. The number of pyridine rings is 1. The third-order valence-electron chi connectivity index (χ3n) is 7.24. The summed E-state index contributed by atoms with van der Waals surface area (Å²) in [5.74, 6) is -1.05. The summed E-state index contributed by atoms with van der Waals surface area (Å²) in [6.07, 6.45) is 1.11. The topological polar surface area (TPSA) is 82.9 Å². The van der Waals surface area contributed by atoms with Crippen molar-refractivity contribution in [3.63, 3.8) is 0 Å². The molecule has 0 aliphatic carbocycles. The van der Waals surface area contributed by atoms with Crippen molar-refractivity contribution in [1.82, 2.24) is 14.4 Å². The Kier molecular flexibility index (Phi) is 4.93. The lowest BCUT2D eigenvalue weighted by molar-refractivity contribution is -0.140. The van der Waals surface area contributed by atoms with Crippen molar-refractivity contribution in [3.05, 3.63) is 69.6 Å². The van der Waals surface area contributed by atoms with Gasteiger partial charge in [-0.15, -0.1) is 0 Å². The van der Waals surface area contributed by atoms with Crippen LogP contribution >= 0.6 is 0 Å². The minimum absolute atomic E-state index is 0.0419. The van der Waals surface area contributed by atoms with Gasteiger partial charge in [-0.05, 0) is 23.6 Å². The van der Waals surface area contributed by atoms with E-state index in [4.69, 9.17) is 0 Å². The number of amides is 2. The molecule has 7 nitrogen and oxygen atoms in total. The maximum Gasteiger partial charge on any atom is 0.250 e. The van der Waals surface area contributed by atoms with Crippen molar-refractivity contribution in [1.29, 1.82) is 0 Å². The molecule has 4 atom stereocenters. The van der Waals surface area contributed by atoms with Gasteiger partial charge in [-0.2, -0.15) is 0 Å². The molecule has 1 saturated heterocycles. The van der Waals surface area contributed by atoms with Crippen LogP contribution in [0.25, 0.3) is 0 Å². The average Bonchev–Trinajstić information content (AvgIpc) is 3.04. The molecule has 5 rings (SSSR count). The van der Waals surface area contributed by atoms with Gasteiger partial charge >= 0.3 is 0 Å². The first kappa shape index (κ1) is 20.0. The Hall–Kier alpha value is -2.93. The number of nitrogens with zero attached hydrogens (tertiary/aromatic N) is 3. The Bertz CT molecular complexity index is 1090. The lowest BCUT2D eigenvalue weighted by Crippen LogP contribution is -2.49. The van der Waals surface area contributed by atoms with E-state index in [1.165, 1.54) is 11.6 Å². The Balaban J connectivity index is 1.56. The summed E-state index contributed by atoms with van der Waals surface area (Å²) in [4.78, 5) is 43.0. The van der Waals surface area contributed by atoms with E-state index in [1.807, 2.05) is 29.2 Å². The molecule has 31 heavy (non-hydrogen) atoms. The fraction of sp³-hybridized carbons (Fsp3) is 0.458. The minimum Gasteiger partial charge on any atom is -0.396 e. The number of aliphatic hydroxyl groups excluding tert-OH is 1. The molecule has 2 bridgehead atoms. The zero-order chi connectivity index (χ0) is 21.7. The number of hydrogen-bond donors (Lipinski definition) is 1. The number of rotatable bonds is 3. The summed E-state index contributed by atoms with van der Waals surface area (Å²) in [5.41, 5.74) is 2.96. The first-order chi connectivity index (χ1) is 15.0. The molecule has 1 fully saturated rings. The largest absolute Gasteiger partial charge is 0.396 e. The number of carbonyl (C=O) groups excluding carboxylic acids is 2. The molecule has 2 aromatic rings. The van der Waals surface area contributed by atoms with Crippen molar-refractivity contribution in [2.45, 2.75) is 44.9 Å². The van der Waals surface area contributed by atoms with Gasteiger partial charge in [-0.3, -0.25) is 14.4 Å². The van der Waals surface area contributed by atoms with Gasteiger partial charge in [0.05, 0.1) is 18.0 Å². The van der Waals surface area contributed by atoms with Crippen LogP contribution in [-0.2, 0) is 29.1 Å². The van der Waals surface area contributed by atoms with E-state index in [0.29, 0.717) is 31.7 Å². The Morgan fingerprint density at radius 2 is 1.87 bits per heavy atom. The lowest BCUT2D eigenvalue weighted by Gasteiger charge is -2.38. The molecule has 0 spiro atoms. The van der Waals surface area contributed by atoms with E-state index < -0.39 is 17.9 Å². The zero-order valence-electron chi connectivity index (χ0n) is 17.6. The van der Waals surface area contributed by atoms with Crippen LogP contribution in [-0.4, -0.2) is 50.5 Å². The molecular weight excluding hydrogens is 394 g/mol. The third kappa shape index (κ3) is 3.02. The molecule has 3 aliphatic heterocycles. The van der Waals surface area contributed by atoms with Gasteiger partial charge in [0.15, 0.2) is 0 Å². The first-order valence-corrected chi connectivity index (χ1v) is 11.0. The summed E-state index contributed by atoms with van der Waals surface area (Å²) < 4.78 is 1.68. The van der Waals surface area contributed by atoms with Gasteiger partial charge in [0.1, 0.15) is 0 Å². The van der Waals surface area contributed by atoms with Crippen LogP contribution < -0.4 is 5.56 Å². The number of fused-ring (bicyclic) bond motifs is 5. The van der Waals surface area contributed by atoms with E-state index in [2.05, 4.69) is 6.07 Å². The van der Waals surface area contributed by atoms with Gasteiger partial charge in [-0.1, -0.05) is 37.3 Å². The fourth-order valence-electron chi connectivity index (χ4n) is 5.76. The van der Waals surface area contributed by atoms with Crippen LogP contribution in [0.15, 0.2) is 47.3 Å². The Morgan fingerprint density at radius 3 is 2.61 bits per heavy atom. The van der Waals surface area contributed by atoms with Gasteiger partial charge < -0.3 is 19.5 Å². The second-order valence-electron chi connectivity index (χ2n) is 8.72. The van der Waals surface area contributed by atoms with Crippen molar-refractivity contribution >= 4 is 11.8 Å². The molecule has 1 aromatic heterocycles. The molecule has 2 amide bonds. The number of carbonyl (C=O) groups is 2. The van der Waals surface area contributed by atoms with Gasteiger partial charge in [0, 0.05) is 50.3 Å². The van der Waals surface area contributed by atoms with E-state index in [-0.39, 0.29) is 30.0 Å². The summed E-state index contributed by atoms with van der Waals surface area (Å²) in [6.45, 7) is 3.07. The highest BCUT2D eigenvalue weighted by atomic mass is 16.3. The molecule has 3 aliphatic rings. The monoisotopic (exact) mass is 421 g/mol. The van der Waals surface area contributed by atoms with E-state index in [9.17, 15) is 19.5 Å². The molecule has 0 radical (unpaired) electrons. The molecule has 1 N–H and O–H groups in total. The summed E-state index contributed by atoms with van der Waals surface area (Å²) in [7, 11) is 0. The second-order valence-corrected chi connectivity index (χ2v) is 8.72. The van der Waals surface area contributed by atoms with E-state index in [1.54, 1.807) is 22.5 Å². The number of aliphatic hydroxyl groups is 1. The third-order valence-corrected chi connectivity index (χ3v) is 7.24. The SMILES string of the molecule is CCC(=O)N1[C@@H]2c3cccc(=O)n3C[C@H]1[C@H](CO)[C@H]2C(=O)N1CCc2ccccc2C1. The Morgan fingerprint density at radius 1 is 1.10 bits per heavy atom. The standard InChI is InChI=1S/C24H27N3O4/c1-2-20(29)27-19-13-26-18(8-5-9-21(26)30)23(27)22(17(19)14-28)24(31)25-11-10-15-6-3-4-7-16(15)12-25/h3-9,17,19,22-23,28H,2,10-14H2,1H3/t17-,19-,22+,23+/m0/s1. The maximum atomic E-state index is 13.9. The first-order valence-electron chi connectivity index (χ1n) is 11.0. The molecule has 4 heterocycles. The van der Waals surface area contributed by atoms with Crippen molar-refractivity contribution in [3.8, 4) is 0 Å². The molecule has 0 unspecified atom stereocenters. The van der Waals surface area contributed by atoms with Crippen LogP contribution in [0.4, 0.5) is 0 Å². The maximum absolute atomic E-state index is 13.9. The van der Waals surface area contributed by atoms with Crippen molar-refractivity contribution < 1.29 is 14.7 Å². The Labute approximate surface area is 180 Å². The zero-order valence-corrected chi connectivity index (χ0v) is 17.6. The summed E-state index contributed by atoms with van der Waals surface area (Å²) in [6, 6.07) is 12.3. The lowest BCUT2D eigenvalue weighted by atomic mass is 9.85. The highest BCUT2D eigenvalue weighted by molar-refractivity contribution is 5.84. The number of benzene rings is 1. The van der Waals surface area contributed by atoms with Gasteiger partial charge in [0.25, 0.3) is 5.56 Å². The van der Waals surface area contributed by atoms with Crippen LogP contribution in [0, 0.1) is 11.8 Å². The fourth-order valence-corrected chi connectivity index (χ4v) is 5.76. The molecule has 7 heteroatoms. The van der Waals surface area contributed by atoms with Crippen molar-refractivity contribution in [2.24, 2.45) is 11.8 Å². The molecule has 1 aromatic carbocycles. The molecular formula is C24H27N3O4. The number of aromatic nitrogens is 1. The second kappa shape index (κ2) is 7.64. The summed E-state index contributed by atoms with van der Waals surface area (Å²) in [5, 5.41) is 10.3. The van der Waals surface area contributed by atoms with Crippen LogP contribution in [0.2, 0.25) is 0 Å². The average molecular weight is 421 g/mol. The van der Waals surface area contributed by atoms with Crippen LogP contribution in [0.1, 0.15) is 36.2 Å². The summed E-state index contributed by atoms with van der Waals surface area (Å²) >= 11 is 0. The van der Waals surface area contributed by atoms with E-state index >= 15 is 0 Å². The van der Waals surface area contributed by atoms with Gasteiger partial charge in [-0.25, -0.2) is 0 Å². The molecule has 162 valence electrons. The van der Waals surface area contributed by atoms with E-state index in [0.717, 1.165) is 12.0 Å². The van der Waals surface area contributed by atoms with Crippen molar-refractivity contribution in [2.75, 3.05) is 13.2 Å². The normalized spacial score (nSPS) is 26.4. The predicted molar refractivity (Wildman–Crippen MR) is 114 cm³/mol. The quantitative estimate of drug-likeness (QED) is 0.811.